The molecule has 1 aliphatic heterocycles. The van der Waals surface area contributed by atoms with Crippen LogP contribution in [-0.4, -0.2) is 19.2 Å². The summed E-state index contributed by atoms with van der Waals surface area (Å²) >= 11 is 0. The van der Waals surface area contributed by atoms with Crippen LogP contribution < -0.4 is 0 Å². The minimum absolute atomic E-state index is 0.226. The van der Waals surface area contributed by atoms with Crippen molar-refractivity contribution in [2.24, 2.45) is 0 Å². The molecule has 3 rings (SSSR count). The lowest BCUT2D eigenvalue weighted by molar-refractivity contribution is -0.134. The SMILES string of the molecule is COC(=O)C=C1CCCC2OC12c1ccccc1. The molecule has 18 heavy (non-hydrogen) atoms. The molecule has 2 aliphatic rings. The van der Waals surface area contributed by atoms with Crippen molar-refractivity contribution in [2.75, 3.05) is 7.11 Å². The lowest BCUT2D eigenvalue weighted by Crippen LogP contribution is -2.21. The highest BCUT2D eigenvalue weighted by atomic mass is 16.6. The van der Waals surface area contributed by atoms with Crippen molar-refractivity contribution in [1.82, 2.24) is 0 Å². The summed E-state index contributed by atoms with van der Waals surface area (Å²) in [5, 5.41) is 0. The van der Waals surface area contributed by atoms with Crippen LogP contribution in [0.2, 0.25) is 0 Å². The molecule has 1 saturated carbocycles. The van der Waals surface area contributed by atoms with Crippen LogP contribution in [0, 0.1) is 0 Å². The third-order valence-corrected chi connectivity index (χ3v) is 3.81. The van der Waals surface area contributed by atoms with Crippen LogP contribution in [0.25, 0.3) is 0 Å². The first-order valence-corrected chi connectivity index (χ1v) is 6.29. The second-order valence-electron chi connectivity index (χ2n) is 4.79. The summed E-state index contributed by atoms with van der Waals surface area (Å²) in [6, 6.07) is 10.1. The van der Waals surface area contributed by atoms with Gasteiger partial charge >= 0.3 is 5.97 Å². The zero-order chi connectivity index (χ0) is 12.6. The number of methoxy groups -OCH3 is 1. The van der Waals surface area contributed by atoms with Crippen molar-refractivity contribution in [3.8, 4) is 0 Å². The molecule has 0 N–H and O–H groups in total. The van der Waals surface area contributed by atoms with Gasteiger partial charge in [-0.1, -0.05) is 30.3 Å². The molecule has 1 heterocycles. The number of rotatable bonds is 2. The topological polar surface area (TPSA) is 38.8 Å². The van der Waals surface area contributed by atoms with E-state index in [1.807, 2.05) is 18.2 Å². The Balaban J connectivity index is 1.99. The minimum Gasteiger partial charge on any atom is -0.466 e. The number of epoxide rings is 1. The van der Waals surface area contributed by atoms with Gasteiger partial charge in [-0.15, -0.1) is 0 Å². The number of fused-ring (bicyclic) bond motifs is 1. The standard InChI is InChI=1S/C15H16O3/c1-17-14(16)10-12-8-5-9-13-15(12,18-13)11-6-3-2-4-7-11/h2-4,6-7,10,13H,5,8-9H2,1H3. The molecule has 0 amide bonds. The van der Waals surface area contributed by atoms with Gasteiger partial charge in [0.2, 0.25) is 0 Å². The highest BCUT2D eigenvalue weighted by Gasteiger charge is 2.61. The molecular formula is C15H16O3. The fourth-order valence-corrected chi connectivity index (χ4v) is 2.90. The number of carbonyl (C=O) groups is 1. The van der Waals surface area contributed by atoms with E-state index in [-0.39, 0.29) is 17.7 Å². The number of ether oxygens (including phenoxy) is 2. The summed E-state index contributed by atoms with van der Waals surface area (Å²) < 4.78 is 10.7. The molecule has 3 nitrogen and oxygen atoms in total. The van der Waals surface area contributed by atoms with Crippen LogP contribution in [0.4, 0.5) is 0 Å². The van der Waals surface area contributed by atoms with Gasteiger partial charge in [0.25, 0.3) is 0 Å². The van der Waals surface area contributed by atoms with E-state index >= 15 is 0 Å². The smallest absolute Gasteiger partial charge is 0.330 e. The van der Waals surface area contributed by atoms with Gasteiger partial charge < -0.3 is 9.47 Å². The molecule has 0 aromatic heterocycles. The second-order valence-corrected chi connectivity index (χ2v) is 4.79. The highest BCUT2D eigenvalue weighted by Crippen LogP contribution is 2.58. The summed E-state index contributed by atoms with van der Waals surface area (Å²) in [6.45, 7) is 0. The average molecular weight is 244 g/mol. The molecule has 0 spiro atoms. The number of esters is 1. The largest absolute Gasteiger partial charge is 0.466 e. The minimum atomic E-state index is -0.353. The molecule has 1 aromatic rings. The van der Waals surface area contributed by atoms with Gasteiger partial charge in [0.15, 0.2) is 0 Å². The van der Waals surface area contributed by atoms with Crippen LogP contribution in [0.5, 0.6) is 0 Å². The quantitative estimate of drug-likeness (QED) is 0.456. The second kappa shape index (κ2) is 4.25. The van der Waals surface area contributed by atoms with E-state index < -0.39 is 0 Å². The average Bonchev–Trinajstić information content (AvgIpc) is 3.16. The Labute approximate surface area is 106 Å². The zero-order valence-corrected chi connectivity index (χ0v) is 10.4. The first-order chi connectivity index (χ1) is 8.77. The van der Waals surface area contributed by atoms with Gasteiger partial charge in [0.1, 0.15) is 5.60 Å². The molecule has 1 aromatic carbocycles. The van der Waals surface area contributed by atoms with Gasteiger partial charge in [-0.25, -0.2) is 4.79 Å². The van der Waals surface area contributed by atoms with Gasteiger partial charge in [-0.3, -0.25) is 0 Å². The maximum Gasteiger partial charge on any atom is 0.330 e. The predicted octanol–water partition coefficient (Wildman–Crippen LogP) is 2.56. The van der Waals surface area contributed by atoms with Crippen molar-refractivity contribution < 1.29 is 14.3 Å². The molecule has 2 unspecified atom stereocenters. The van der Waals surface area contributed by atoms with Gasteiger partial charge in [0, 0.05) is 6.08 Å². The first kappa shape index (κ1) is 11.5. The summed E-state index contributed by atoms with van der Waals surface area (Å²) in [7, 11) is 1.41. The van der Waals surface area contributed by atoms with E-state index in [1.165, 1.54) is 7.11 Å². The molecule has 94 valence electrons. The summed E-state index contributed by atoms with van der Waals surface area (Å²) in [6.07, 6.45) is 4.87. The maximum atomic E-state index is 11.5. The Kier molecular flexibility index (Phi) is 2.71. The van der Waals surface area contributed by atoms with Crippen LogP contribution >= 0.6 is 0 Å². The summed E-state index contributed by atoms with van der Waals surface area (Å²) in [5.41, 5.74) is 1.84. The molecule has 1 saturated heterocycles. The number of hydrogen-bond donors (Lipinski definition) is 0. The summed E-state index contributed by atoms with van der Waals surface area (Å²) in [5.74, 6) is -0.295. The van der Waals surface area contributed by atoms with E-state index in [0.29, 0.717) is 0 Å². The molecule has 0 radical (unpaired) electrons. The van der Waals surface area contributed by atoms with Gasteiger partial charge in [-0.05, 0) is 30.4 Å². The monoisotopic (exact) mass is 244 g/mol. The van der Waals surface area contributed by atoms with Crippen LogP contribution in [0.1, 0.15) is 24.8 Å². The zero-order valence-electron chi connectivity index (χ0n) is 10.4. The van der Waals surface area contributed by atoms with Crippen molar-refractivity contribution in [1.29, 1.82) is 0 Å². The molecule has 2 atom stereocenters. The molecule has 3 heteroatoms. The first-order valence-electron chi connectivity index (χ1n) is 6.29. The van der Waals surface area contributed by atoms with Crippen molar-refractivity contribution in [2.45, 2.75) is 31.0 Å². The van der Waals surface area contributed by atoms with E-state index in [4.69, 9.17) is 9.47 Å². The van der Waals surface area contributed by atoms with E-state index in [0.717, 1.165) is 30.4 Å². The predicted molar refractivity (Wildman–Crippen MR) is 66.9 cm³/mol. The molecule has 0 bridgehead atoms. The lowest BCUT2D eigenvalue weighted by Gasteiger charge is -2.21. The van der Waals surface area contributed by atoms with Crippen LogP contribution in [-0.2, 0) is 19.9 Å². The Morgan fingerprint density at radius 3 is 2.94 bits per heavy atom. The fourth-order valence-electron chi connectivity index (χ4n) is 2.90. The molecule has 1 aliphatic carbocycles. The third kappa shape index (κ3) is 1.66. The van der Waals surface area contributed by atoms with E-state index in [2.05, 4.69) is 12.1 Å². The van der Waals surface area contributed by atoms with Crippen LogP contribution in [0.3, 0.4) is 0 Å². The molecule has 2 fully saturated rings. The fraction of sp³-hybridized carbons (Fsp3) is 0.400. The van der Waals surface area contributed by atoms with E-state index in [1.54, 1.807) is 6.08 Å². The summed E-state index contributed by atoms with van der Waals surface area (Å²) in [4.78, 5) is 11.5. The third-order valence-electron chi connectivity index (χ3n) is 3.81. The number of carbonyl (C=O) groups excluding carboxylic acids is 1. The number of benzene rings is 1. The van der Waals surface area contributed by atoms with Gasteiger partial charge in [-0.2, -0.15) is 0 Å². The highest BCUT2D eigenvalue weighted by molar-refractivity contribution is 5.83. The van der Waals surface area contributed by atoms with Gasteiger partial charge in [0.05, 0.1) is 13.2 Å². The Hall–Kier alpha value is -1.61. The normalized spacial score (nSPS) is 31.8. The van der Waals surface area contributed by atoms with Crippen molar-refractivity contribution >= 4 is 5.97 Å². The van der Waals surface area contributed by atoms with Crippen molar-refractivity contribution in [3.63, 3.8) is 0 Å². The maximum absolute atomic E-state index is 11.5. The van der Waals surface area contributed by atoms with Crippen LogP contribution in [0.15, 0.2) is 42.0 Å². The van der Waals surface area contributed by atoms with Crippen molar-refractivity contribution in [3.05, 3.63) is 47.5 Å². The molecular weight excluding hydrogens is 228 g/mol. The Bertz CT molecular complexity index is 492. The Morgan fingerprint density at radius 2 is 2.22 bits per heavy atom. The van der Waals surface area contributed by atoms with E-state index in [9.17, 15) is 4.79 Å². The Morgan fingerprint density at radius 1 is 1.44 bits per heavy atom. The number of hydrogen-bond acceptors (Lipinski definition) is 3. The lowest BCUT2D eigenvalue weighted by atomic mass is 9.79.